The molecule has 1 fully saturated rings. The van der Waals surface area contributed by atoms with Crippen LogP contribution in [-0.4, -0.2) is 33.6 Å². The Morgan fingerprint density at radius 1 is 1.28 bits per heavy atom. The van der Waals surface area contributed by atoms with Gasteiger partial charge in [0, 0.05) is 30.3 Å². The minimum atomic E-state index is -0.869. The minimum absolute atomic E-state index is 0.148. The molecule has 1 N–H and O–H groups in total. The van der Waals surface area contributed by atoms with Gasteiger partial charge in [0.15, 0.2) is 5.13 Å². The lowest BCUT2D eigenvalue weighted by Gasteiger charge is -2.20. The molecular weight excluding hydrogens is 345 g/mol. The van der Waals surface area contributed by atoms with Gasteiger partial charge in [-0.05, 0) is 24.6 Å². The zero-order valence-corrected chi connectivity index (χ0v) is 14.3. The maximum absolute atomic E-state index is 12.9. The topological polar surface area (TPSA) is 79.4 Å². The largest absolute Gasteiger partial charge is 0.300 e. The molecule has 1 saturated heterocycles. The lowest BCUT2D eigenvalue weighted by molar-refractivity contribution is -0.144. The van der Waals surface area contributed by atoms with E-state index in [0.29, 0.717) is 11.6 Å². The molecule has 2 heterocycles. The summed E-state index contributed by atoms with van der Waals surface area (Å²) in [6, 6.07) is 5.31. The summed E-state index contributed by atoms with van der Waals surface area (Å²) in [5, 5.41) is 3.03. The number of nitrogens with one attached hydrogen (secondary N) is 1. The minimum Gasteiger partial charge on any atom is -0.300 e. The van der Waals surface area contributed by atoms with Gasteiger partial charge in [-0.25, -0.2) is 9.37 Å². The van der Waals surface area contributed by atoms with Gasteiger partial charge in [0.25, 0.3) is 0 Å². The maximum Gasteiger partial charge on any atom is 0.249 e. The van der Waals surface area contributed by atoms with Crippen molar-refractivity contribution in [2.24, 2.45) is 0 Å². The molecular formula is C17H16FN3O3S. The van der Waals surface area contributed by atoms with Crippen molar-refractivity contribution in [3.05, 3.63) is 46.7 Å². The first-order valence-corrected chi connectivity index (χ1v) is 8.60. The molecule has 25 heavy (non-hydrogen) atoms. The summed E-state index contributed by atoms with van der Waals surface area (Å²) in [5.41, 5.74) is 0.935. The van der Waals surface area contributed by atoms with Gasteiger partial charge in [-0.15, -0.1) is 11.3 Å². The highest BCUT2D eigenvalue weighted by molar-refractivity contribution is 7.15. The van der Waals surface area contributed by atoms with E-state index in [1.807, 2.05) is 0 Å². The second kappa shape index (κ2) is 7.10. The third-order valence-electron chi connectivity index (χ3n) is 3.93. The van der Waals surface area contributed by atoms with Crippen LogP contribution in [0.25, 0.3) is 0 Å². The van der Waals surface area contributed by atoms with E-state index in [1.54, 1.807) is 18.3 Å². The van der Waals surface area contributed by atoms with Crippen LogP contribution in [0.5, 0.6) is 0 Å². The second-order valence-corrected chi connectivity index (χ2v) is 6.87. The van der Waals surface area contributed by atoms with Gasteiger partial charge in [0.2, 0.25) is 17.7 Å². The third kappa shape index (κ3) is 3.90. The van der Waals surface area contributed by atoms with Crippen LogP contribution in [0.15, 0.2) is 30.5 Å². The van der Waals surface area contributed by atoms with Crippen molar-refractivity contribution in [3.8, 4) is 0 Å². The average Bonchev–Trinajstić information content (AvgIpc) is 3.15. The fraction of sp³-hybridized carbons (Fsp3) is 0.294. The molecule has 1 atom stereocenters. The number of benzene rings is 1. The highest BCUT2D eigenvalue weighted by Gasteiger charge is 2.36. The number of imide groups is 1. The first kappa shape index (κ1) is 17.2. The Bertz CT molecular complexity index is 803. The molecule has 8 heteroatoms. The summed E-state index contributed by atoms with van der Waals surface area (Å²) < 4.78 is 12.9. The van der Waals surface area contributed by atoms with Crippen LogP contribution in [0.4, 0.5) is 9.52 Å². The Kier molecular flexibility index (Phi) is 4.89. The van der Waals surface area contributed by atoms with Gasteiger partial charge in [0.1, 0.15) is 11.9 Å². The number of nitrogens with zero attached hydrogens (tertiary/aromatic N) is 2. The molecule has 0 bridgehead atoms. The molecule has 0 saturated carbocycles. The molecule has 0 spiro atoms. The predicted octanol–water partition coefficient (Wildman–Crippen LogP) is 2.35. The number of rotatable bonds is 5. The second-order valence-electron chi connectivity index (χ2n) is 5.76. The van der Waals surface area contributed by atoms with Crippen LogP contribution < -0.4 is 5.32 Å². The number of anilines is 1. The van der Waals surface area contributed by atoms with Crippen LogP contribution in [0.3, 0.4) is 0 Å². The highest BCUT2D eigenvalue weighted by atomic mass is 32.1. The molecule has 1 aliphatic rings. The summed E-state index contributed by atoms with van der Waals surface area (Å²) in [7, 11) is 0. The Balaban J connectivity index is 1.62. The van der Waals surface area contributed by atoms with E-state index in [9.17, 15) is 18.8 Å². The lowest BCUT2D eigenvalue weighted by atomic mass is 10.1. The molecule has 1 aliphatic heterocycles. The van der Waals surface area contributed by atoms with E-state index in [-0.39, 0.29) is 30.5 Å². The van der Waals surface area contributed by atoms with Crippen LogP contribution in [0, 0.1) is 5.82 Å². The predicted molar refractivity (Wildman–Crippen MR) is 90.5 cm³/mol. The van der Waals surface area contributed by atoms with Gasteiger partial charge >= 0.3 is 0 Å². The van der Waals surface area contributed by atoms with Gasteiger partial charge in [-0.2, -0.15) is 0 Å². The number of amides is 3. The number of halogens is 1. The van der Waals surface area contributed by atoms with Crippen molar-refractivity contribution in [3.63, 3.8) is 0 Å². The summed E-state index contributed by atoms with van der Waals surface area (Å²) >= 11 is 1.30. The zero-order valence-electron chi connectivity index (χ0n) is 13.5. The van der Waals surface area contributed by atoms with Crippen molar-refractivity contribution >= 4 is 34.2 Å². The monoisotopic (exact) mass is 361 g/mol. The van der Waals surface area contributed by atoms with E-state index in [0.717, 1.165) is 15.3 Å². The van der Waals surface area contributed by atoms with Crippen LogP contribution in [-0.2, 0) is 20.8 Å². The van der Waals surface area contributed by atoms with Crippen LogP contribution >= 0.6 is 11.3 Å². The third-order valence-corrected chi connectivity index (χ3v) is 4.84. The van der Waals surface area contributed by atoms with E-state index in [4.69, 9.17) is 0 Å². The van der Waals surface area contributed by atoms with Gasteiger partial charge in [0.05, 0.1) is 0 Å². The van der Waals surface area contributed by atoms with E-state index in [1.165, 1.54) is 30.4 Å². The Morgan fingerprint density at radius 3 is 2.56 bits per heavy atom. The van der Waals surface area contributed by atoms with Crippen molar-refractivity contribution in [1.29, 1.82) is 0 Å². The van der Waals surface area contributed by atoms with Crippen molar-refractivity contribution in [1.82, 2.24) is 9.88 Å². The number of hydrogen-bond acceptors (Lipinski definition) is 5. The Hall–Kier alpha value is -2.61. The smallest absolute Gasteiger partial charge is 0.249 e. The van der Waals surface area contributed by atoms with Crippen LogP contribution in [0.1, 0.15) is 30.2 Å². The highest BCUT2D eigenvalue weighted by Crippen LogP contribution is 2.22. The first-order chi connectivity index (χ1) is 11.9. The summed E-state index contributed by atoms with van der Waals surface area (Å²) in [4.78, 5) is 41.7. The van der Waals surface area contributed by atoms with E-state index >= 15 is 0 Å². The molecule has 1 aromatic carbocycles. The molecule has 130 valence electrons. The molecule has 6 nitrogen and oxygen atoms in total. The standard InChI is InChI=1S/C17H16FN3O3S/c1-10(21-14(22)6-7-15(21)23)16(24)20-17-19-9-13(25-17)8-11-2-4-12(18)5-3-11/h2-5,9-10H,6-8H2,1H3,(H,19,20,24)/t10-/m0/s1. The van der Waals surface area contributed by atoms with Crippen molar-refractivity contribution in [2.75, 3.05) is 5.32 Å². The summed E-state index contributed by atoms with van der Waals surface area (Å²) in [6.07, 6.45) is 2.51. The number of thiazole rings is 1. The molecule has 3 amide bonds. The molecule has 3 rings (SSSR count). The number of aromatic nitrogens is 1. The molecule has 0 radical (unpaired) electrons. The fourth-order valence-corrected chi connectivity index (χ4v) is 3.45. The SMILES string of the molecule is C[C@@H](C(=O)Nc1ncc(Cc2ccc(F)cc2)s1)N1C(=O)CCC1=O. The average molecular weight is 361 g/mol. The lowest BCUT2D eigenvalue weighted by Crippen LogP contribution is -2.44. The molecule has 0 unspecified atom stereocenters. The molecule has 0 aliphatic carbocycles. The Labute approximate surface area is 147 Å². The normalized spacial score (nSPS) is 15.5. The zero-order chi connectivity index (χ0) is 18.0. The van der Waals surface area contributed by atoms with Crippen molar-refractivity contribution in [2.45, 2.75) is 32.2 Å². The Morgan fingerprint density at radius 2 is 1.92 bits per heavy atom. The van der Waals surface area contributed by atoms with E-state index in [2.05, 4.69) is 10.3 Å². The summed E-state index contributed by atoms with van der Waals surface area (Å²) in [6.45, 7) is 1.52. The number of carbonyl (C=O) groups is 3. The number of carbonyl (C=O) groups excluding carboxylic acids is 3. The molecule has 2 aromatic rings. The van der Waals surface area contributed by atoms with E-state index < -0.39 is 11.9 Å². The summed E-state index contributed by atoms with van der Waals surface area (Å²) in [5.74, 6) is -1.40. The number of likely N-dealkylation sites (tertiary alicyclic amines) is 1. The number of hydrogen-bond donors (Lipinski definition) is 1. The van der Waals surface area contributed by atoms with Crippen molar-refractivity contribution < 1.29 is 18.8 Å². The molecule has 1 aromatic heterocycles. The van der Waals surface area contributed by atoms with Gasteiger partial charge in [-0.1, -0.05) is 12.1 Å². The van der Waals surface area contributed by atoms with Crippen LogP contribution in [0.2, 0.25) is 0 Å². The fourth-order valence-electron chi connectivity index (χ4n) is 2.60. The first-order valence-electron chi connectivity index (χ1n) is 7.79. The quantitative estimate of drug-likeness (QED) is 0.829. The van der Waals surface area contributed by atoms with Gasteiger partial charge < -0.3 is 5.32 Å². The maximum atomic E-state index is 12.9. The van der Waals surface area contributed by atoms with Gasteiger partial charge in [-0.3, -0.25) is 19.3 Å².